The lowest BCUT2D eigenvalue weighted by atomic mass is 10.1. The van der Waals surface area contributed by atoms with Gasteiger partial charge in [0.15, 0.2) is 0 Å². The minimum Gasteiger partial charge on any atom is -0.370 e. The third-order valence-corrected chi connectivity index (χ3v) is 2.59. The van der Waals surface area contributed by atoms with Crippen molar-refractivity contribution in [3.05, 3.63) is 11.9 Å². The fourth-order valence-corrected chi connectivity index (χ4v) is 1.36. The molecular weight excluding hydrogens is 287 g/mol. The second-order valence-corrected chi connectivity index (χ2v) is 5.00. The molecule has 1 rings (SSSR count). The number of carbonyl (C=O) groups is 1. The highest BCUT2D eigenvalue weighted by molar-refractivity contribution is 5.86. The van der Waals surface area contributed by atoms with Gasteiger partial charge in [0, 0.05) is 12.6 Å². The number of nitrogens with two attached hydrogens (primary N) is 1. The van der Waals surface area contributed by atoms with Gasteiger partial charge in [-0.25, -0.2) is 9.97 Å². The number of aromatic nitrogens is 2. The predicted octanol–water partition coefficient (Wildman–Crippen LogP) is 1.99. The van der Waals surface area contributed by atoms with Crippen molar-refractivity contribution < 1.29 is 18.0 Å². The van der Waals surface area contributed by atoms with Crippen molar-refractivity contribution in [1.29, 1.82) is 0 Å². The second-order valence-electron chi connectivity index (χ2n) is 5.00. The van der Waals surface area contributed by atoms with Gasteiger partial charge in [0.1, 0.15) is 17.2 Å². The molecule has 0 saturated heterocycles. The smallest absolute Gasteiger partial charge is 0.370 e. The van der Waals surface area contributed by atoms with Gasteiger partial charge in [0.05, 0.1) is 0 Å². The van der Waals surface area contributed by atoms with Crippen LogP contribution in [0.1, 0.15) is 33.0 Å². The maximum Gasteiger partial charge on any atom is 0.451 e. The average Bonchev–Trinajstić information content (AvgIpc) is 2.34. The molecule has 4 N–H and O–H groups in total. The van der Waals surface area contributed by atoms with E-state index in [0.29, 0.717) is 6.54 Å². The van der Waals surface area contributed by atoms with E-state index in [2.05, 4.69) is 20.6 Å². The highest BCUT2D eigenvalue weighted by Gasteiger charge is 2.36. The summed E-state index contributed by atoms with van der Waals surface area (Å²) in [5.41, 5.74) is 3.94. The number of amides is 1. The van der Waals surface area contributed by atoms with Crippen LogP contribution in [0.5, 0.6) is 0 Å². The first kappa shape index (κ1) is 17.0. The highest BCUT2D eigenvalue weighted by Crippen LogP contribution is 2.29. The van der Waals surface area contributed by atoms with E-state index in [1.807, 2.05) is 6.92 Å². The van der Waals surface area contributed by atoms with E-state index in [4.69, 9.17) is 5.73 Å². The van der Waals surface area contributed by atoms with Gasteiger partial charge in [-0.05, 0) is 20.3 Å². The van der Waals surface area contributed by atoms with Crippen molar-refractivity contribution in [1.82, 2.24) is 9.97 Å². The summed E-state index contributed by atoms with van der Waals surface area (Å²) in [4.78, 5) is 18.0. The molecule has 0 radical (unpaired) electrons. The topological polar surface area (TPSA) is 92.9 Å². The Bertz CT molecular complexity index is 516. The SMILES string of the molecule is CCCNc1cc(NC(C)(C)C(N)=O)nc(C(F)(F)F)n1. The summed E-state index contributed by atoms with van der Waals surface area (Å²) in [7, 11) is 0. The minimum absolute atomic E-state index is 0.0296. The first-order valence-corrected chi connectivity index (χ1v) is 6.34. The maximum atomic E-state index is 12.8. The van der Waals surface area contributed by atoms with E-state index < -0.39 is 23.4 Å². The number of nitrogens with one attached hydrogen (secondary N) is 2. The third-order valence-electron chi connectivity index (χ3n) is 2.59. The lowest BCUT2D eigenvalue weighted by Crippen LogP contribution is -2.45. The van der Waals surface area contributed by atoms with Crippen molar-refractivity contribution in [2.75, 3.05) is 17.2 Å². The van der Waals surface area contributed by atoms with Crippen molar-refractivity contribution in [3.8, 4) is 0 Å². The first-order chi connectivity index (χ1) is 9.56. The van der Waals surface area contributed by atoms with E-state index >= 15 is 0 Å². The first-order valence-electron chi connectivity index (χ1n) is 6.34. The number of hydrogen-bond donors (Lipinski definition) is 3. The molecule has 9 heteroatoms. The Hall–Kier alpha value is -2.06. The van der Waals surface area contributed by atoms with E-state index in [9.17, 15) is 18.0 Å². The molecule has 21 heavy (non-hydrogen) atoms. The van der Waals surface area contributed by atoms with Crippen LogP contribution in [0.25, 0.3) is 0 Å². The molecule has 6 nitrogen and oxygen atoms in total. The van der Waals surface area contributed by atoms with E-state index in [-0.39, 0.29) is 11.6 Å². The molecule has 1 heterocycles. The molecule has 0 aliphatic rings. The molecule has 0 atom stereocenters. The van der Waals surface area contributed by atoms with Crippen molar-refractivity contribution in [3.63, 3.8) is 0 Å². The molecule has 0 fully saturated rings. The second kappa shape index (κ2) is 6.15. The maximum absolute atomic E-state index is 12.8. The van der Waals surface area contributed by atoms with Gasteiger partial charge in [0.25, 0.3) is 0 Å². The van der Waals surface area contributed by atoms with Gasteiger partial charge < -0.3 is 16.4 Å². The zero-order valence-corrected chi connectivity index (χ0v) is 12.0. The molecule has 1 aromatic rings. The molecule has 118 valence electrons. The predicted molar refractivity (Wildman–Crippen MR) is 72.7 cm³/mol. The average molecular weight is 305 g/mol. The van der Waals surface area contributed by atoms with Crippen LogP contribution in [0.2, 0.25) is 0 Å². The molecule has 1 amide bonds. The fraction of sp³-hybridized carbons (Fsp3) is 0.583. The standard InChI is InChI=1S/C12H18F3N5O/c1-4-5-17-7-6-8(20-11(2,3)9(16)21)19-10(18-7)12(13,14)15/h6H,4-5H2,1-3H3,(H2,16,21)(H2,17,18,19,20). The number of nitrogens with zero attached hydrogens (tertiary/aromatic N) is 2. The van der Waals surface area contributed by atoms with Crippen LogP contribution < -0.4 is 16.4 Å². The Morgan fingerprint density at radius 1 is 1.29 bits per heavy atom. The number of rotatable bonds is 6. The number of anilines is 2. The minimum atomic E-state index is -4.68. The molecule has 0 aliphatic carbocycles. The quantitative estimate of drug-likeness (QED) is 0.747. The van der Waals surface area contributed by atoms with E-state index in [1.165, 1.54) is 19.9 Å². The third kappa shape index (κ3) is 4.76. The zero-order chi connectivity index (χ0) is 16.3. The molecule has 0 unspecified atom stereocenters. The number of halogens is 3. The summed E-state index contributed by atoms with van der Waals surface area (Å²) in [6.07, 6.45) is -3.96. The summed E-state index contributed by atoms with van der Waals surface area (Å²) < 4.78 is 38.4. The van der Waals surface area contributed by atoms with Gasteiger partial charge in [-0.3, -0.25) is 4.79 Å². The Morgan fingerprint density at radius 3 is 2.33 bits per heavy atom. The summed E-state index contributed by atoms with van der Waals surface area (Å²) in [5.74, 6) is -2.09. The van der Waals surface area contributed by atoms with Crippen molar-refractivity contribution in [2.24, 2.45) is 5.73 Å². The molecule has 0 spiro atoms. The molecule has 0 aromatic carbocycles. The fourth-order valence-electron chi connectivity index (χ4n) is 1.36. The summed E-state index contributed by atoms with van der Waals surface area (Å²) in [6, 6.07) is 1.30. The van der Waals surface area contributed by atoms with Crippen LogP contribution in [0.3, 0.4) is 0 Å². The molecule has 0 bridgehead atoms. The van der Waals surface area contributed by atoms with Crippen LogP contribution in [0.15, 0.2) is 6.07 Å². The monoisotopic (exact) mass is 305 g/mol. The Balaban J connectivity index is 3.16. The number of alkyl halides is 3. The van der Waals surface area contributed by atoms with Crippen LogP contribution in [-0.4, -0.2) is 28.0 Å². The van der Waals surface area contributed by atoms with Gasteiger partial charge >= 0.3 is 6.18 Å². The Kier molecular flexibility index (Phi) is 4.97. The molecule has 1 aromatic heterocycles. The van der Waals surface area contributed by atoms with Crippen LogP contribution in [-0.2, 0) is 11.0 Å². The van der Waals surface area contributed by atoms with Gasteiger partial charge in [-0.15, -0.1) is 0 Å². The van der Waals surface area contributed by atoms with E-state index in [0.717, 1.165) is 6.42 Å². The van der Waals surface area contributed by atoms with Crippen LogP contribution in [0.4, 0.5) is 24.8 Å². The van der Waals surface area contributed by atoms with Crippen molar-refractivity contribution in [2.45, 2.75) is 38.9 Å². The van der Waals surface area contributed by atoms with Gasteiger partial charge in [0.2, 0.25) is 11.7 Å². The normalized spacial score (nSPS) is 12.1. The van der Waals surface area contributed by atoms with Crippen LogP contribution >= 0.6 is 0 Å². The molecular formula is C12H18F3N5O. The molecule has 0 aliphatic heterocycles. The largest absolute Gasteiger partial charge is 0.451 e. The number of primary amides is 1. The number of carbonyl (C=O) groups excluding carboxylic acids is 1. The van der Waals surface area contributed by atoms with Gasteiger partial charge in [-0.2, -0.15) is 13.2 Å². The molecule has 0 saturated carbocycles. The Morgan fingerprint density at radius 2 is 1.86 bits per heavy atom. The lowest BCUT2D eigenvalue weighted by Gasteiger charge is -2.23. The lowest BCUT2D eigenvalue weighted by molar-refractivity contribution is -0.144. The summed E-state index contributed by atoms with van der Waals surface area (Å²) in [5, 5.41) is 5.34. The van der Waals surface area contributed by atoms with E-state index in [1.54, 1.807) is 0 Å². The number of hydrogen-bond acceptors (Lipinski definition) is 5. The zero-order valence-electron chi connectivity index (χ0n) is 12.0. The summed E-state index contributed by atoms with van der Waals surface area (Å²) >= 11 is 0. The van der Waals surface area contributed by atoms with Gasteiger partial charge in [-0.1, -0.05) is 6.92 Å². The highest BCUT2D eigenvalue weighted by atomic mass is 19.4. The Labute approximate surface area is 120 Å². The van der Waals surface area contributed by atoms with Crippen LogP contribution in [0, 0.1) is 0 Å². The van der Waals surface area contributed by atoms with Crippen molar-refractivity contribution >= 4 is 17.5 Å². The summed E-state index contributed by atoms with van der Waals surface area (Å²) in [6.45, 7) is 5.23.